The van der Waals surface area contributed by atoms with Gasteiger partial charge in [-0.2, -0.15) is 0 Å². The highest BCUT2D eigenvalue weighted by Crippen LogP contribution is 2.06. The largest absolute Gasteiger partial charge is 0.315 e. The van der Waals surface area contributed by atoms with Crippen LogP contribution in [0.4, 0.5) is 0 Å². The van der Waals surface area contributed by atoms with Crippen LogP contribution in [0.3, 0.4) is 0 Å². The average molecular weight is 225 g/mol. The third kappa shape index (κ3) is 7.24. The molecule has 1 N–H and O–H groups in total. The van der Waals surface area contributed by atoms with Gasteiger partial charge in [-0.15, -0.1) is 0 Å². The lowest BCUT2D eigenvalue weighted by atomic mass is 10.1. The molecule has 0 aromatic carbocycles. The van der Waals surface area contributed by atoms with Crippen LogP contribution in [0.5, 0.6) is 0 Å². The Bertz CT molecular complexity index is 142. The predicted molar refractivity (Wildman–Crippen MR) is 71.6 cm³/mol. The summed E-state index contributed by atoms with van der Waals surface area (Å²) in [7, 11) is 0. The monoisotopic (exact) mass is 225 g/mol. The zero-order valence-electron chi connectivity index (χ0n) is 10.8. The van der Waals surface area contributed by atoms with Gasteiger partial charge in [-0.05, 0) is 38.9 Å². The lowest BCUT2D eigenvalue weighted by Gasteiger charge is -2.14. The molecule has 1 aliphatic heterocycles. The molecule has 0 amide bonds. The molecule has 0 aliphatic carbocycles. The van der Waals surface area contributed by atoms with E-state index in [2.05, 4.69) is 17.1 Å². The Balaban J connectivity index is 1.71. The van der Waals surface area contributed by atoms with E-state index in [0.29, 0.717) is 0 Å². The van der Waals surface area contributed by atoms with Crippen LogP contribution in [-0.2, 0) is 0 Å². The fourth-order valence-corrected chi connectivity index (χ4v) is 2.33. The summed E-state index contributed by atoms with van der Waals surface area (Å²) in [5.74, 6) is 0. The molecule has 0 bridgehead atoms. The quantitative estimate of drug-likeness (QED) is 0.575. The van der Waals surface area contributed by atoms with Crippen LogP contribution in [0, 0.1) is 6.92 Å². The Morgan fingerprint density at radius 3 is 2.31 bits per heavy atom. The summed E-state index contributed by atoms with van der Waals surface area (Å²) in [4.78, 5) is 2.57. The number of nitrogens with zero attached hydrogens (tertiary/aromatic N) is 1. The van der Waals surface area contributed by atoms with Crippen LogP contribution in [0.15, 0.2) is 0 Å². The topological polar surface area (TPSA) is 15.3 Å². The van der Waals surface area contributed by atoms with Gasteiger partial charge in [0.15, 0.2) is 0 Å². The summed E-state index contributed by atoms with van der Waals surface area (Å²) in [6.07, 6.45) is 10.7. The van der Waals surface area contributed by atoms with E-state index < -0.39 is 0 Å². The second kappa shape index (κ2) is 10.1. The summed E-state index contributed by atoms with van der Waals surface area (Å²) >= 11 is 0. The third-order valence-electron chi connectivity index (χ3n) is 3.41. The molecular formula is C14H29N2. The van der Waals surface area contributed by atoms with Crippen molar-refractivity contribution in [3.8, 4) is 0 Å². The number of likely N-dealkylation sites (tertiary alicyclic amines) is 1. The molecule has 1 aliphatic rings. The fraction of sp³-hybridized carbons (Fsp3) is 0.929. The Morgan fingerprint density at radius 2 is 1.56 bits per heavy atom. The zero-order valence-corrected chi connectivity index (χ0v) is 10.8. The van der Waals surface area contributed by atoms with Crippen molar-refractivity contribution in [2.45, 2.75) is 51.4 Å². The van der Waals surface area contributed by atoms with Gasteiger partial charge in [-0.25, -0.2) is 0 Å². The van der Waals surface area contributed by atoms with Crippen molar-refractivity contribution in [2.75, 3.05) is 32.7 Å². The first-order valence-corrected chi connectivity index (χ1v) is 7.16. The minimum Gasteiger partial charge on any atom is -0.315 e. The number of hydrogen-bond donors (Lipinski definition) is 1. The highest BCUT2D eigenvalue weighted by Gasteiger charge is 2.09. The molecule has 0 spiro atoms. The molecule has 1 fully saturated rings. The molecule has 0 unspecified atom stereocenters. The van der Waals surface area contributed by atoms with Gasteiger partial charge in [-0.1, -0.05) is 39.0 Å². The lowest BCUT2D eigenvalue weighted by molar-refractivity contribution is 0.335. The maximum Gasteiger partial charge on any atom is 0.0107 e. The van der Waals surface area contributed by atoms with E-state index in [1.165, 1.54) is 77.7 Å². The minimum atomic E-state index is 1.11. The summed E-state index contributed by atoms with van der Waals surface area (Å²) in [5, 5.41) is 3.55. The van der Waals surface area contributed by atoms with E-state index in [1.54, 1.807) is 0 Å². The molecule has 0 saturated carbocycles. The summed E-state index contributed by atoms with van der Waals surface area (Å²) in [6.45, 7) is 10.2. The smallest absolute Gasteiger partial charge is 0.0107 e. The molecule has 0 atom stereocenters. The van der Waals surface area contributed by atoms with Crippen molar-refractivity contribution in [2.24, 2.45) is 0 Å². The maximum absolute atomic E-state index is 3.86. The van der Waals surface area contributed by atoms with Gasteiger partial charge in [0.2, 0.25) is 0 Å². The van der Waals surface area contributed by atoms with Crippen molar-refractivity contribution in [1.29, 1.82) is 0 Å². The molecule has 1 saturated heterocycles. The minimum absolute atomic E-state index is 1.11. The molecule has 1 rings (SSSR count). The molecule has 16 heavy (non-hydrogen) atoms. The first-order chi connectivity index (χ1) is 7.93. The Hall–Kier alpha value is -0.0800. The van der Waals surface area contributed by atoms with Crippen LogP contribution < -0.4 is 5.32 Å². The van der Waals surface area contributed by atoms with E-state index in [-0.39, 0.29) is 0 Å². The molecule has 1 radical (unpaired) electrons. The van der Waals surface area contributed by atoms with Gasteiger partial charge in [0.25, 0.3) is 0 Å². The van der Waals surface area contributed by atoms with E-state index in [0.717, 1.165) is 6.42 Å². The highest BCUT2D eigenvalue weighted by molar-refractivity contribution is 4.66. The van der Waals surface area contributed by atoms with Crippen LogP contribution in [0.25, 0.3) is 0 Å². The maximum atomic E-state index is 3.86. The first-order valence-electron chi connectivity index (χ1n) is 7.16. The van der Waals surface area contributed by atoms with Gasteiger partial charge in [-0.3, -0.25) is 0 Å². The van der Waals surface area contributed by atoms with E-state index in [4.69, 9.17) is 0 Å². The molecular weight excluding hydrogens is 196 g/mol. The first kappa shape index (κ1) is 14.0. The molecule has 0 aromatic heterocycles. The van der Waals surface area contributed by atoms with Crippen molar-refractivity contribution in [3.63, 3.8) is 0 Å². The van der Waals surface area contributed by atoms with Gasteiger partial charge >= 0.3 is 0 Å². The number of unbranched alkanes of at least 4 members (excludes halogenated alkanes) is 5. The molecule has 2 nitrogen and oxygen atoms in total. The fourth-order valence-electron chi connectivity index (χ4n) is 2.33. The highest BCUT2D eigenvalue weighted by atomic mass is 15.1. The van der Waals surface area contributed by atoms with Crippen LogP contribution in [-0.4, -0.2) is 37.6 Å². The summed E-state index contributed by atoms with van der Waals surface area (Å²) < 4.78 is 0. The predicted octanol–water partition coefficient (Wildman–Crippen LogP) is 2.85. The number of nitrogens with one attached hydrogen (secondary N) is 1. The van der Waals surface area contributed by atoms with Gasteiger partial charge < -0.3 is 10.2 Å². The Labute approximate surface area is 102 Å². The van der Waals surface area contributed by atoms with Gasteiger partial charge in [0.05, 0.1) is 0 Å². The van der Waals surface area contributed by atoms with Crippen LogP contribution in [0.2, 0.25) is 0 Å². The summed E-state index contributed by atoms with van der Waals surface area (Å²) in [6, 6.07) is 0. The number of rotatable bonds is 10. The second-order valence-corrected chi connectivity index (χ2v) is 4.92. The van der Waals surface area contributed by atoms with Crippen molar-refractivity contribution >= 4 is 0 Å². The Kier molecular flexibility index (Phi) is 8.83. The van der Waals surface area contributed by atoms with E-state index in [1.807, 2.05) is 0 Å². The molecule has 1 heterocycles. The SMILES string of the molecule is [CH2]CCCCCCCNCCN1CCCC1. The summed E-state index contributed by atoms with van der Waals surface area (Å²) in [5.41, 5.74) is 0. The van der Waals surface area contributed by atoms with Crippen LogP contribution >= 0.6 is 0 Å². The molecule has 0 aromatic rings. The van der Waals surface area contributed by atoms with Gasteiger partial charge in [0, 0.05) is 13.1 Å². The van der Waals surface area contributed by atoms with Crippen molar-refractivity contribution in [3.05, 3.63) is 6.92 Å². The zero-order chi connectivity index (χ0) is 11.5. The standard InChI is InChI=1S/C14H29N2/c1-2-3-4-5-6-7-10-15-11-14-16-12-8-9-13-16/h15H,1-14H2. The average Bonchev–Trinajstić information content (AvgIpc) is 2.80. The Morgan fingerprint density at radius 1 is 0.875 bits per heavy atom. The number of hydrogen-bond acceptors (Lipinski definition) is 2. The molecule has 95 valence electrons. The third-order valence-corrected chi connectivity index (χ3v) is 3.41. The second-order valence-electron chi connectivity index (χ2n) is 4.92. The van der Waals surface area contributed by atoms with E-state index in [9.17, 15) is 0 Å². The van der Waals surface area contributed by atoms with Crippen molar-refractivity contribution in [1.82, 2.24) is 10.2 Å². The lowest BCUT2D eigenvalue weighted by Crippen LogP contribution is -2.30. The normalized spacial score (nSPS) is 17.1. The molecule has 2 heteroatoms. The van der Waals surface area contributed by atoms with Crippen LogP contribution in [0.1, 0.15) is 51.4 Å². The van der Waals surface area contributed by atoms with Crippen molar-refractivity contribution < 1.29 is 0 Å². The van der Waals surface area contributed by atoms with E-state index >= 15 is 0 Å². The van der Waals surface area contributed by atoms with Gasteiger partial charge in [0.1, 0.15) is 0 Å².